The van der Waals surface area contributed by atoms with Gasteiger partial charge in [-0.15, -0.1) is 0 Å². The second kappa shape index (κ2) is 17.0. The van der Waals surface area contributed by atoms with Crippen LogP contribution in [-0.4, -0.2) is 155 Å². The highest BCUT2D eigenvalue weighted by Crippen LogP contribution is 2.48. The van der Waals surface area contributed by atoms with E-state index in [4.69, 9.17) is 37.9 Å². The number of ether oxygens (including phenoxy) is 8. The molecule has 4 saturated carbocycles. The smallest absolute Gasteiger partial charge is 0.112 e. The molecule has 320 valence electrons. The predicted octanol–water partition coefficient (Wildman–Crippen LogP) is -0.395. The molecule has 5 saturated heterocycles. The molecule has 0 aromatic heterocycles. The molecule has 16 heteroatoms. The normalized spacial score (nSPS) is 55.3. The van der Waals surface area contributed by atoms with Crippen LogP contribution in [0, 0.1) is 47.3 Å². The summed E-state index contributed by atoms with van der Waals surface area (Å²) in [6.45, 7) is 0. The van der Waals surface area contributed by atoms with E-state index in [2.05, 4.69) is 42.5 Å². The van der Waals surface area contributed by atoms with Gasteiger partial charge in [-0.2, -0.15) is 0 Å². The van der Waals surface area contributed by atoms with Gasteiger partial charge in [0.25, 0.3) is 0 Å². The lowest BCUT2D eigenvalue weighted by Crippen LogP contribution is -2.66. The molecule has 0 radical (unpaired) electrons. The van der Waals surface area contributed by atoms with E-state index in [1.807, 2.05) is 0 Å². The fraction of sp³-hybridized carbons (Fsp3) is 1.00. The van der Waals surface area contributed by atoms with Crippen molar-refractivity contribution < 1.29 is 37.9 Å². The van der Waals surface area contributed by atoms with Crippen LogP contribution in [-0.2, 0) is 37.9 Å². The van der Waals surface area contributed by atoms with Crippen molar-refractivity contribution in [2.24, 2.45) is 47.3 Å². The minimum atomic E-state index is -0.334. The molecule has 5 heterocycles. The standard InChI is InChI=1S/C40H72N8O8/c1-49-25-21-23(27(51-3)31(55-7)29(25)53-5)39-46-37(21)44-35-19-15-11-9-13-17(19)33(42-35)41-34-18-14-10-12-16-20(18)36(43-34)45-38-22-24(40(47-38)48-39)28(52-4)32(56-8)30(54-6)26(22)50-2/h17-48H,9-16H2,1-8H3. The minimum Gasteiger partial charge on any atom is -0.378 e. The highest BCUT2D eigenvalue weighted by Gasteiger charge is 2.65. The van der Waals surface area contributed by atoms with E-state index in [1.54, 1.807) is 56.9 Å². The van der Waals surface area contributed by atoms with Crippen LogP contribution < -0.4 is 42.5 Å². The van der Waals surface area contributed by atoms with E-state index < -0.39 is 0 Å². The van der Waals surface area contributed by atoms with E-state index in [-0.39, 0.29) is 122 Å². The van der Waals surface area contributed by atoms with E-state index in [0.717, 1.165) is 0 Å². The summed E-state index contributed by atoms with van der Waals surface area (Å²) in [5.41, 5.74) is 0. The van der Waals surface area contributed by atoms with Crippen LogP contribution in [0.25, 0.3) is 0 Å². The Morgan fingerprint density at radius 2 is 0.429 bits per heavy atom. The van der Waals surface area contributed by atoms with Crippen LogP contribution in [0.5, 0.6) is 0 Å². The SMILES string of the molecule is COC1C(OC)C(OC)C2C3NC(NC4NC(NC5NC(NC6NC(N3)C3C(OC)C(OC)C(OC)C(OC)C63)C3CCCCC53)C3CCCCC43)C2C1OC. The number of fused-ring (bicyclic) bond motifs is 20. The third kappa shape index (κ3) is 6.56. The quantitative estimate of drug-likeness (QED) is 0.160. The Labute approximate surface area is 333 Å². The molecule has 9 rings (SSSR count). The van der Waals surface area contributed by atoms with Crippen molar-refractivity contribution in [1.82, 2.24) is 42.5 Å². The highest BCUT2D eigenvalue weighted by atomic mass is 16.6. The number of methoxy groups -OCH3 is 8. The second-order valence-electron chi connectivity index (χ2n) is 18.3. The molecule has 24 unspecified atom stereocenters. The van der Waals surface area contributed by atoms with E-state index in [0.29, 0.717) is 23.7 Å². The van der Waals surface area contributed by atoms with Crippen LogP contribution in [0.1, 0.15) is 51.4 Å². The second-order valence-corrected chi connectivity index (χ2v) is 18.3. The first-order valence-corrected chi connectivity index (χ1v) is 21.7. The number of hydrogen-bond donors (Lipinski definition) is 8. The zero-order chi connectivity index (χ0) is 38.8. The number of nitrogens with one attached hydrogen (secondary N) is 8. The van der Waals surface area contributed by atoms with Crippen LogP contribution in [0.3, 0.4) is 0 Å². The van der Waals surface area contributed by atoms with Crippen molar-refractivity contribution in [2.75, 3.05) is 56.9 Å². The number of hydrogen-bond acceptors (Lipinski definition) is 16. The van der Waals surface area contributed by atoms with Gasteiger partial charge in [0, 0.05) is 80.6 Å². The highest BCUT2D eigenvalue weighted by molar-refractivity contribution is 5.16. The maximum absolute atomic E-state index is 6.45. The van der Waals surface area contributed by atoms with Crippen LogP contribution in [0.2, 0.25) is 0 Å². The molecular weight excluding hydrogens is 720 g/mol. The van der Waals surface area contributed by atoms with Crippen LogP contribution >= 0.6 is 0 Å². The van der Waals surface area contributed by atoms with Crippen molar-refractivity contribution in [3.63, 3.8) is 0 Å². The molecular formula is C40H72N8O8. The summed E-state index contributed by atoms with van der Waals surface area (Å²) < 4.78 is 50.7. The molecule has 0 aromatic carbocycles. The van der Waals surface area contributed by atoms with Crippen molar-refractivity contribution >= 4 is 0 Å². The fourth-order valence-electron chi connectivity index (χ4n) is 14.2. The fourth-order valence-corrected chi connectivity index (χ4v) is 14.2. The first kappa shape index (κ1) is 40.7. The van der Waals surface area contributed by atoms with E-state index >= 15 is 0 Å². The summed E-state index contributed by atoms with van der Waals surface area (Å²) in [6, 6.07) is 0. The number of rotatable bonds is 8. The summed E-state index contributed by atoms with van der Waals surface area (Å²) in [5, 5.41) is 33.3. The molecule has 24 atom stereocenters. The summed E-state index contributed by atoms with van der Waals surface area (Å²) in [4.78, 5) is 0. The predicted molar refractivity (Wildman–Crippen MR) is 207 cm³/mol. The summed E-state index contributed by atoms with van der Waals surface area (Å²) in [7, 11) is 14.2. The Bertz CT molecular complexity index is 1230. The van der Waals surface area contributed by atoms with Crippen LogP contribution in [0.4, 0.5) is 0 Å². The zero-order valence-corrected chi connectivity index (χ0v) is 34.8. The van der Waals surface area contributed by atoms with Gasteiger partial charge < -0.3 is 37.9 Å². The topological polar surface area (TPSA) is 170 Å². The van der Waals surface area contributed by atoms with Gasteiger partial charge in [0.1, 0.15) is 24.4 Å². The third-order valence-electron chi connectivity index (χ3n) is 16.4. The van der Waals surface area contributed by atoms with Gasteiger partial charge in [-0.3, -0.25) is 42.5 Å². The van der Waals surface area contributed by atoms with Gasteiger partial charge in [0.05, 0.1) is 73.7 Å². The Morgan fingerprint density at radius 1 is 0.250 bits per heavy atom. The van der Waals surface area contributed by atoms with Gasteiger partial charge in [0.2, 0.25) is 0 Å². The van der Waals surface area contributed by atoms with Gasteiger partial charge in [0.15, 0.2) is 0 Å². The first-order valence-electron chi connectivity index (χ1n) is 21.7. The van der Waals surface area contributed by atoms with Gasteiger partial charge in [-0.25, -0.2) is 0 Å². The molecule has 4 aliphatic carbocycles. The lowest BCUT2D eigenvalue weighted by molar-refractivity contribution is -0.218. The van der Waals surface area contributed by atoms with Crippen LogP contribution in [0.15, 0.2) is 0 Å². The van der Waals surface area contributed by atoms with Crippen molar-refractivity contribution in [1.29, 1.82) is 0 Å². The molecule has 0 aromatic rings. The Hall–Kier alpha value is -0.640. The van der Waals surface area contributed by atoms with E-state index in [1.165, 1.54) is 51.4 Å². The molecule has 8 N–H and O–H groups in total. The summed E-state index contributed by atoms with van der Waals surface area (Å²) in [5.74, 6) is 2.06. The average Bonchev–Trinajstić information content (AvgIpc) is 3.97. The molecule has 9 fully saturated rings. The lowest BCUT2D eigenvalue weighted by atomic mass is 9.70. The molecule has 5 aliphatic heterocycles. The summed E-state index contributed by atoms with van der Waals surface area (Å²) in [6.07, 6.45) is 7.73. The summed E-state index contributed by atoms with van der Waals surface area (Å²) >= 11 is 0. The zero-order valence-electron chi connectivity index (χ0n) is 34.8. The largest absolute Gasteiger partial charge is 0.378 e. The molecule has 0 amide bonds. The molecule has 0 spiro atoms. The average molecular weight is 793 g/mol. The molecule has 56 heavy (non-hydrogen) atoms. The molecule has 16 nitrogen and oxygen atoms in total. The van der Waals surface area contributed by atoms with Crippen molar-refractivity contribution in [3.8, 4) is 0 Å². The lowest BCUT2D eigenvalue weighted by Gasteiger charge is -2.50. The first-order chi connectivity index (χ1) is 27.4. The Balaban J connectivity index is 1.15. The monoisotopic (exact) mass is 793 g/mol. The van der Waals surface area contributed by atoms with Gasteiger partial charge in [-0.1, -0.05) is 25.7 Å². The van der Waals surface area contributed by atoms with Gasteiger partial charge >= 0.3 is 0 Å². The molecule has 8 bridgehead atoms. The van der Waals surface area contributed by atoms with E-state index in [9.17, 15) is 0 Å². The van der Waals surface area contributed by atoms with Crippen molar-refractivity contribution in [2.45, 2.75) is 150 Å². The maximum Gasteiger partial charge on any atom is 0.112 e. The van der Waals surface area contributed by atoms with Crippen molar-refractivity contribution in [3.05, 3.63) is 0 Å². The third-order valence-corrected chi connectivity index (χ3v) is 16.4. The maximum atomic E-state index is 6.45. The molecule has 9 aliphatic rings. The Kier molecular flexibility index (Phi) is 12.4. The van der Waals surface area contributed by atoms with Gasteiger partial charge in [-0.05, 0) is 49.4 Å². The Morgan fingerprint density at radius 3 is 0.625 bits per heavy atom. The minimum absolute atomic E-state index is 0.00183.